The predicted octanol–water partition coefficient (Wildman–Crippen LogP) is 1.11. The smallest absolute Gasteiger partial charge is 0.272 e. The zero-order valence-electron chi connectivity index (χ0n) is 8.75. The fourth-order valence-electron chi connectivity index (χ4n) is 1.34. The first-order chi connectivity index (χ1) is 7.02. The van der Waals surface area contributed by atoms with Gasteiger partial charge >= 0.3 is 0 Å². The molecule has 6 heteroatoms. The number of aryl methyl sites for hydroxylation is 1. The van der Waals surface area contributed by atoms with Gasteiger partial charge in [0.15, 0.2) is 10.3 Å². The molecule has 1 aromatic heterocycles. The van der Waals surface area contributed by atoms with E-state index in [4.69, 9.17) is 0 Å². The third kappa shape index (κ3) is 2.19. The molecule has 5 nitrogen and oxygen atoms in total. The van der Waals surface area contributed by atoms with Gasteiger partial charge in [-0.2, -0.15) is 0 Å². The SMILES string of the molecule is Cn1nnc(Br)c1C(=O)NCC1(C)CC1. The lowest BCUT2D eigenvalue weighted by molar-refractivity contribution is 0.0936. The Bertz CT molecular complexity index is 377. The van der Waals surface area contributed by atoms with E-state index < -0.39 is 0 Å². The molecule has 0 spiro atoms. The van der Waals surface area contributed by atoms with Crippen molar-refractivity contribution in [3.63, 3.8) is 0 Å². The largest absolute Gasteiger partial charge is 0.350 e. The van der Waals surface area contributed by atoms with E-state index in [0.717, 1.165) is 6.54 Å². The van der Waals surface area contributed by atoms with Crippen molar-refractivity contribution in [2.75, 3.05) is 6.54 Å². The Balaban J connectivity index is 2.01. The highest BCUT2D eigenvalue weighted by atomic mass is 79.9. The standard InChI is InChI=1S/C9H13BrN4O/c1-9(3-4-9)5-11-8(15)6-7(10)12-13-14(6)2/h3-5H2,1-2H3,(H,11,15). The monoisotopic (exact) mass is 272 g/mol. The van der Waals surface area contributed by atoms with E-state index in [-0.39, 0.29) is 5.91 Å². The highest BCUT2D eigenvalue weighted by Gasteiger charge is 2.37. The topological polar surface area (TPSA) is 59.8 Å². The summed E-state index contributed by atoms with van der Waals surface area (Å²) in [5.74, 6) is -0.123. The van der Waals surface area contributed by atoms with Gasteiger partial charge in [-0.05, 0) is 34.2 Å². The number of hydrogen-bond donors (Lipinski definition) is 1. The first-order valence-electron chi connectivity index (χ1n) is 4.85. The van der Waals surface area contributed by atoms with Crippen molar-refractivity contribution < 1.29 is 4.79 Å². The van der Waals surface area contributed by atoms with Crippen LogP contribution in [0.15, 0.2) is 4.60 Å². The highest BCUT2D eigenvalue weighted by Crippen LogP contribution is 2.44. The fourth-order valence-corrected chi connectivity index (χ4v) is 1.85. The van der Waals surface area contributed by atoms with Crippen LogP contribution in [0.5, 0.6) is 0 Å². The number of nitrogens with zero attached hydrogens (tertiary/aromatic N) is 3. The summed E-state index contributed by atoms with van der Waals surface area (Å²) in [4.78, 5) is 11.8. The lowest BCUT2D eigenvalue weighted by Crippen LogP contribution is -2.30. The average molecular weight is 273 g/mol. The second-order valence-electron chi connectivity index (χ2n) is 4.35. The molecule has 1 fully saturated rings. The molecular weight excluding hydrogens is 260 g/mol. The van der Waals surface area contributed by atoms with Crippen LogP contribution >= 0.6 is 15.9 Å². The first kappa shape index (κ1) is 10.6. The third-order valence-corrected chi connectivity index (χ3v) is 3.31. The van der Waals surface area contributed by atoms with E-state index in [1.54, 1.807) is 7.05 Å². The number of rotatable bonds is 3. The molecule has 1 saturated carbocycles. The van der Waals surface area contributed by atoms with Gasteiger partial charge in [0.2, 0.25) is 0 Å². The summed E-state index contributed by atoms with van der Waals surface area (Å²) >= 11 is 3.20. The second-order valence-corrected chi connectivity index (χ2v) is 5.10. The molecule has 0 saturated heterocycles. The molecule has 0 radical (unpaired) electrons. The molecule has 1 amide bonds. The van der Waals surface area contributed by atoms with E-state index in [1.807, 2.05) is 0 Å². The average Bonchev–Trinajstić information content (AvgIpc) is 2.82. The molecule has 1 aliphatic carbocycles. The maximum absolute atomic E-state index is 11.8. The van der Waals surface area contributed by atoms with Crippen LogP contribution in [0.25, 0.3) is 0 Å². The van der Waals surface area contributed by atoms with E-state index in [0.29, 0.717) is 15.7 Å². The number of carbonyl (C=O) groups is 1. The minimum atomic E-state index is -0.123. The number of amides is 1. The Kier molecular flexibility index (Phi) is 2.54. The van der Waals surface area contributed by atoms with Crippen LogP contribution in [0.2, 0.25) is 0 Å². The zero-order chi connectivity index (χ0) is 11.1. The lowest BCUT2D eigenvalue weighted by Gasteiger charge is -2.09. The first-order valence-corrected chi connectivity index (χ1v) is 5.64. The molecule has 1 heterocycles. The van der Waals surface area contributed by atoms with Gasteiger partial charge in [-0.25, -0.2) is 4.68 Å². The van der Waals surface area contributed by atoms with Gasteiger partial charge < -0.3 is 5.32 Å². The summed E-state index contributed by atoms with van der Waals surface area (Å²) in [6.07, 6.45) is 2.39. The van der Waals surface area contributed by atoms with Crippen LogP contribution in [0.1, 0.15) is 30.3 Å². The minimum absolute atomic E-state index is 0.123. The van der Waals surface area contributed by atoms with E-state index in [2.05, 4.69) is 38.5 Å². The van der Waals surface area contributed by atoms with E-state index >= 15 is 0 Å². The van der Waals surface area contributed by atoms with E-state index in [9.17, 15) is 4.79 Å². The lowest BCUT2D eigenvalue weighted by atomic mass is 10.1. The third-order valence-electron chi connectivity index (χ3n) is 2.78. The van der Waals surface area contributed by atoms with Gasteiger partial charge in [0.1, 0.15) is 0 Å². The molecule has 82 valence electrons. The van der Waals surface area contributed by atoms with Crippen molar-refractivity contribution in [1.82, 2.24) is 20.3 Å². The normalized spacial score (nSPS) is 17.5. The van der Waals surface area contributed by atoms with Crippen molar-refractivity contribution in [2.45, 2.75) is 19.8 Å². The van der Waals surface area contributed by atoms with Gasteiger partial charge in [-0.1, -0.05) is 12.1 Å². The molecule has 0 atom stereocenters. The Morgan fingerprint density at radius 3 is 2.80 bits per heavy atom. The van der Waals surface area contributed by atoms with Gasteiger partial charge in [0.25, 0.3) is 5.91 Å². The minimum Gasteiger partial charge on any atom is -0.350 e. The summed E-state index contributed by atoms with van der Waals surface area (Å²) in [6, 6.07) is 0. The number of halogens is 1. The van der Waals surface area contributed by atoms with Gasteiger partial charge in [-0.15, -0.1) is 5.10 Å². The molecule has 1 aliphatic rings. The molecule has 0 aromatic carbocycles. The van der Waals surface area contributed by atoms with Gasteiger partial charge in [0, 0.05) is 13.6 Å². The van der Waals surface area contributed by atoms with Crippen LogP contribution in [0.3, 0.4) is 0 Å². The Hall–Kier alpha value is -0.910. The number of carbonyl (C=O) groups excluding carboxylic acids is 1. The molecule has 15 heavy (non-hydrogen) atoms. The number of aromatic nitrogens is 3. The van der Waals surface area contributed by atoms with Crippen LogP contribution in [-0.2, 0) is 7.05 Å². The van der Waals surface area contributed by atoms with Gasteiger partial charge in [0.05, 0.1) is 0 Å². The maximum Gasteiger partial charge on any atom is 0.272 e. The second kappa shape index (κ2) is 3.59. The number of nitrogens with one attached hydrogen (secondary N) is 1. The van der Waals surface area contributed by atoms with Crippen molar-refractivity contribution in [1.29, 1.82) is 0 Å². The predicted molar refractivity (Wildman–Crippen MR) is 58.4 cm³/mol. The molecule has 2 rings (SSSR count). The van der Waals surface area contributed by atoms with Crippen molar-refractivity contribution in [2.24, 2.45) is 12.5 Å². The molecule has 0 unspecified atom stereocenters. The van der Waals surface area contributed by atoms with Crippen LogP contribution in [0.4, 0.5) is 0 Å². The van der Waals surface area contributed by atoms with E-state index in [1.165, 1.54) is 17.5 Å². The summed E-state index contributed by atoms with van der Waals surface area (Å²) in [5, 5.41) is 10.4. The molecule has 0 bridgehead atoms. The van der Waals surface area contributed by atoms with Crippen molar-refractivity contribution in [3.05, 3.63) is 10.3 Å². The Labute approximate surface area is 96.4 Å². The number of hydrogen-bond acceptors (Lipinski definition) is 3. The van der Waals surface area contributed by atoms with Crippen LogP contribution in [0, 0.1) is 5.41 Å². The summed E-state index contributed by atoms with van der Waals surface area (Å²) in [7, 11) is 1.70. The summed E-state index contributed by atoms with van der Waals surface area (Å²) in [5.41, 5.74) is 0.785. The summed E-state index contributed by atoms with van der Waals surface area (Å²) < 4.78 is 1.96. The Morgan fingerprint density at radius 2 is 2.33 bits per heavy atom. The summed E-state index contributed by atoms with van der Waals surface area (Å²) in [6.45, 7) is 2.90. The maximum atomic E-state index is 11.8. The fraction of sp³-hybridized carbons (Fsp3) is 0.667. The van der Waals surface area contributed by atoms with Crippen molar-refractivity contribution >= 4 is 21.8 Å². The molecule has 1 N–H and O–H groups in total. The van der Waals surface area contributed by atoms with Gasteiger partial charge in [-0.3, -0.25) is 4.79 Å². The quantitative estimate of drug-likeness (QED) is 0.897. The molecule has 1 aromatic rings. The Morgan fingerprint density at radius 1 is 1.67 bits per heavy atom. The van der Waals surface area contributed by atoms with Crippen LogP contribution < -0.4 is 5.32 Å². The molecule has 0 aliphatic heterocycles. The highest BCUT2D eigenvalue weighted by molar-refractivity contribution is 9.10. The molecular formula is C9H13BrN4O. The van der Waals surface area contributed by atoms with Crippen LogP contribution in [-0.4, -0.2) is 27.4 Å². The van der Waals surface area contributed by atoms with Crippen molar-refractivity contribution in [3.8, 4) is 0 Å². The zero-order valence-corrected chi connectivity index (χ0v) is 10.3.